The van der Waals surface area contributed by atoms with Gasteiger partial charge in [-0.05, 0) is 51.2 Å². The van der Waals surface area contributed by atoms with Crippen molar-refractivity contribution in [2.24, 2.45) is 11.0 Å². The van der Waals surface area contributed by atoms with Gasteiger partial charge < -0.3 is 4.74 Å². The topological polar surface area (TPSA) is 50.7 Å². The van der Waals surface area contributed by atoms with Crippen molar-refractivity contribution in [1.29, 1.82) is 0 Å². The van der Waals surface area contributed by atoms with Crippen LogP contribution >= 0.6 is 0 Å². The molecule has 1 aliphatic rings. The van der Waals surface area contributed by atoms with E-state index in [9.17, 15) is 4.79 Å². The maximum atomic E-state index is 11.6. The van der Waals surface area contributed by atoms with Gasteiger partial charge in [-0.25, -0.2) is 5.43 Å². The molecule has 0 heterocycles. The van der Waals surface area contributed by atoms with Gasteiger partial charge in [0.25, 0.3) is 5.91 Å². The lowest BCUT2D eigenvalue weighted by Gasteiger charge is -2.09. The number of hydrazone groups is 1. The molecule has 4 heteroatoms. The molecular weight excluding hydrogens is 240 g/mol. The number of aryl methyl sites for hydroxylation is 2. The first-order chi connectivity index (χ1) is 9.06. The summed E-state index contributed by atoms with van der Waals surface area (Å²) in [5.74, 6) is 1.09. The summed E-state index contributed by atoms with van der Waals surface area (Å²) in [6.07, 6.45) is 2.37. The number of carbonyl (C=O) groups is 1. The van der Waals surface area contributed by atoms with E-state index in [0.717, 1.165) is 17.0 Å². The summed E-state index contributed by atoms with van der Waals surface area (Å²) in [6.45, 7) is 5.93. The monoisotopic (exact) mass is 260 g/mol. The predicted octanol–water partition coefficient (Wildman–Crippen LogP) is 2.58. The summed E-state index contributed by atoms with van der Waals surface area (Å²) in [5.41, 5.74) is 5.74. The Balaban J connectivity index is 1.81. The molecule has 1 aromatic rings. The summed E-state index contributed by atoms with van der Waals surface area (Å²) in [7, 11) is 0. The average Bonchev–Trinajstić information content (AvgIpc) is 3.19. The van der Waals surface area contributed by atoms with E-state index < -0.39 is 0 Å². The van der Waals surface area contributed by atoms with Crippen molar-refractivity contribution in [1.82, 2.24) is 5.43 Å². The maximum absolute atomic E-state index is 11.6. The van der Waals surface area contributed by atoms with Crippen LogP contribution in [0.3, 0.4) is 0 Å². The van der Waals surface area contributed by atoms with Crippen LogP contribution in [0.2, 0.25) is 0 Å². The van der Waals surface area contributed by atoms with Gasteiger partial charge in [0.1, 0.15) is 5.75 Å². The van der Waals surface area contributed by atoms with Crippen LogP contribution in [0.15, 0.2) is 23.3 Å². The lowest BCUT2D eigenvalue weighted by atomic mass is 10.1. The molecule has 1 fully saturated rings. The van der Waals surface area contributed by atoms with Gasteiger partial charge in [0.15, 0.2) is 6.61 Å². The molecule has 1 aliphatic carbocycles. The third kappa shape index (κ3) is 4.09. The highest BCUT2D eigenvalue weighted by Gasteiger charge is 2.24. The number of ether oxygens (including phenoxy) is 1. The molecular formula is C15H20N2O2. The van der Waals surface area contributed by atoms with E-state index in [0.29, 0.717) is 5.92 Å². The zero-order chi connectivity index (χ0) is 13.8. The standard InChI is InChI=1S/C15H20N2O2/c1-10-4-7-14(11(2)8-10)19-9-15(18)17-16-12(3)13-5-6-13/h4,7-8,13H,5-6,9H2,1-3H3,(H,17,18). The van der Waals surface area contributed by atoms with Crippen molar-refractivity contribution < 1.29 is 9.53 Å². The molecule has 0 spiro atoms. The van der Waals surface area contributed by atoms with Crippen LogP contribution in [0.1, 0.15) is 30.9 Å². The van der Waals surface area contributed by atoms with Crippen molar-refractivity contribution in [3.05, 3.63) is 29.3 Å². The van der Waals surface area contributed by atoms with Gasteiger partial charge in [0.05, 0.1) is 0 Å². The number of carbonyl (C=O) groups excluding carboxylic acids is 1. The quantitative estimate of drug-likeness (QED) is 0.653. The lowest BCUT2D eigenvalue weighted by molar-refractivity contribution is -0.123. The van der Waals surface area contributed by atoms with E-state index in [2.05, 4.69) is 10.5 Å². The van der Waals surface area contributed by atoms with Crippen molar-refractivity contribution in [3.63, 3.8) is 0 Å². The van der Waals surface area contributed by atoms with Crippen LogP contribution in [-0.4, -0.2) is 18.2 Å². The second-order valence-corrected chi connectivity index (χ2v) is 5.12. The summed E-state index contributed by atoms with van der Waals surface area (Å²) >= 11 is 0. The summed E-state index contributed by atoms with van der Waals surface area (Å²) in [6, 6.07) is 5.88. The van der Waals surface area contributed by atoms with Crippen molar-refractivity contribution in [2.75, 3.05) is 6.61 Å². The predicted molar refractivity (Wildman–Crippen MR) is 75.4 cm³/mol. The van der Waals surface area contributed by atoms with Crippen LogP contribution in [0.5, 0.6) is 5.75 Å². The summed E-state index contributed by atoms with van der Waals surface area (Å²) in [4.78, 5) is 11.6. The maximum Gasteiger partial charge on any atom is 0.277 e. The molecule has 0 bridgehead atoms. The number of benzene rings is 1. The van der Waals surface area contributed by atoms with E-state index in [-0.39, 0.29) is 12.5 Å². The number of nitrogens with zero attached hydrogens (tertiary/aromatic N) is 1. The molecule has 4 nitrogen and oxygen atoms in total. The highest BCUT2D eigenvalue weighted by Crippen LogP contribution is 2.30. The molecule has 102 valence electrons. The number of hydrogen-bond donors (Lipinski definition) is 1. The molecule has 0 aliphatic heterocycles. The van der Waals surface area contributed by atoms with E-state index in [1.807, 2.05) is 39.0 Å². The number of hydrogen-bond acceptors (Lipinski definition) is 3. The third-order valence-electron chi connectivity index (χ3n) is 3.21. The molecule has 19 heavy (non-hydrogen) atoms. The van der Waals surface area contributed by atoms with Crippen LogP contribution in [0.4, 0.5) is 0 Å². The fraction of sp³-hybridized carbons (Fsp3) is 0.467. The van der Waals surface area contributed by atoms with Gasteiger partial charge in [0.2, 0.25) is 0 Å². The summed E-state index contributed by atoms with van der Waals surface area (Å²) in [5, 5.41) is 4.07. The van der Waals surface area contributed by atoms with E-state index in [1.165, 1.54) is 18.4 Å². The molecule has 0 atom stereocenters. The first kappa shape index (κ1) is 13.6. The molecule has 0 radical (unpaired) electrons. The number of amides is 1. The Morgan fingerprint density at radius 1 is 1.42 bits per heavy atom. The van der Waals surface area contributed by atoms with Crippen LogP contribution in [-0.2, 0) is 4.79 Å². The zero-order valence-corrected chi connectivity index (χ0v) is 11.7. The second kappa shape index (κ2) is 5.87. The Bertz CT molecular complexity index is 505. The summed E-state index contributed by atoms with van der Waals surface area (Å²) < 4.78 is 5.48. The Hall–Kier alpha value is -1.84. The second-order valence-electron chi connectivity index (χ2n) is 5.12. The smallest absolute Gasteiger partial charge is 0.277 e. The first-order valence-corrected chi connectivity index (χ1v) is 6.59. The highest BCUT2D eigenvalue weighted by molar-refractivity contribution is 5.88. The van der Waals surface area contributed by atoms with Gasteiger partial charge in [-0.1, -0.05) is 17.7 Å². The van der Waals surface area contributed by atoms with Gasteiger partial charge in [0, 0.05) is 5.71 Å². The number of rotatable bonds is 5. The molecule has 0 aromatic heterocycles. The molecule has 0 saturated heterocycles. The first-order valence-electron chi connectivity index (χ1n) is 6.59. The van der Waals surface area contributed by atoms with E-state index in [1.54, 1.807) is 0 Å². The molecule has 2 rings (SSSR count). The Morgan fingerprint density at radius 3 is 2.79 bits per heavy atom. The number of nitrogens with one attached hydrogen (secondary N) is 1. The van der Waals surface area contributed by atoms with Crippen molar-refractivity contribution >= 4 is 11.6 Å². The van der Waals surface area contributed by atoms with Gasteiger partial charge >= 0.3 is 0 Å². The Morgan fingerprint density at radius 2 is 2.16 bits per heavy atom. The minimum absolute atomic E-state index is 0.00858. The zero-order valence-electron chi connectivity index (χ0n) is 11.7. The minimum Gasteiger partial charge on any atom is -0.483 e. The van der Waals surface area contributed by atoms with E-state index in [4.69, 9.17) is 4.74 Å². The van der Waals surface area contributed by atoms with Gasteiger partial charge in [-0.15, -0.1) is 0 Å². The largest absolute Gasteiger partial charge is 0.483 e. The van der Waals surface area contributed by atoms with E-state index >= 15 is 0 Å². The Kier molecular flexibility index (Phi) is 4.20. The highest BCUT2D eigenvalue weighted by atomic mass is 16.5. The fourth-order valence-corrected chi connectivity index (χ4v) is 1.88. The normalized spacial score (nSPS) is 15.2. The molecule has 1 N–H and O–H groups in total. The SMILES string of the molecule is CC(=NNC(=O)COc1ccc(C)cc1C)C1CC1. The van der Waals surface area contributed by atoms with Crippen LogP contribution < -0.4 is 10.2 Å². The average molecular weight is 260 g/mol. The molecule has 1 saturated carbocycles. The fourth-order valence-electron chi connectivity index (χ4n) is 1.88. The Labute approximate surface area is 113 Å². The van der Waals surface area contributed by atoms with Crippen molar-refractivity contribution in [3.8, 4) is 5.75 Å². The van der Waals surface area contributed by atoms with Crippen LogP contribution in [0.25, 0.3) is 0 Å². The third-order valence-corrected chi connectivity index (χ3v) is 3.21. The molecule has 0 unspecified atom stereocenters. The van der Waals surface area contributed by atoms with Crippen molar-refractivity contribution in [2.45, 2.75) is 33.6 Å². The molecule has 1 aromatic carbocycles. The van der Waals surface area contributed by atoms with Gasteiger partial charge in [-0.2, -0.15) is 5.10 Å². The molecule has 1 amide bonds. The minimum atomic E-state index is -0.222. The van der Waals surface area contributed by atoms with Crippen LogP contribution in [0, 0.1) is 19.8 Å². The lowest BCUT2D eigenvalue weighted by Crippen LogP contribution is -2.25. The van der Waals surface area contributed by atoms with Gasteiger partial charge in [-0.3, -0.25) is 4.79 Å².